The van der Waals surface area contributed by atoms with Crippen LogP contribution < -0.4 is 15.8 Å². The van der Waals surface area contributed by atoms with Gasteiger partial charge in [-0.2, -0.15) is 0 Å². The Kier molecular flexibility index (Phi) is 6.28. The van der Waals surface area contributed by atoms with E-state index in [2.05, 4.69) is 10.0 Å². The van der Waals surface area contributed by atoms with Crippen LogP contribution >= 0.6 is 0 Å². The van der Waals surface area contributed by atoms with Crippen LogP contribution in [0, 0.1) is 12.8 Å². The summed E-state index contributed by atoms with van der Waals surface area (Å²) >= 11 is 0. The summed E-state index contributed by atoms with van der Waals surface area (Å²) in [6.07, 6.45) is 0. The molecule has 0 aliphatic carbocycles. The SMILES string of the molecule is Cc1ccc(NS(=O)(=O)c2ccc(C(=O)NC(C)(CN)C(C)C)cc2)cc1. The van der Waals surface area contributed by atoms with E-state index in [1.807, 2.05) is 39.8 Å². The minimum atomic E-state index is -3.72. The molecule has 7 heteroatoms. The first-order chi connectivity index (χ1) is 12.6. The number of rotatable bonds is 7. The van der Waals surface area contributed by atoms with Gasteiger partial charge in [0, 0.05) is 17.8 Å². The second kappa shape index (κ2) is 8.10. The highest BCUT2D eigenvalue weighted by Crippen LogP contribution is 2.19. The summed E-state index contributed by atoms with van der Waals surface area (Å²) < 4.78 is 27.5. The van der Waals surface area contributed by atoms with Crippen molar-refractivity contribution in [2.75, 3.05) is 11.3 Å². The Morgan fingerprint density at radius 1 is 1.07 bits per heavy atom. The van der Waals surface area contributed by atoms with E-state index < -0.39 is 15.6 Å². The molecule has 2 aromatic carbocycles. The molecule has 2 rings (SSSR count). The molecule has 0 bridgehead atoms. The molecule has 0 fully saturated rings. The van der Waals surface area contributed by atoms with Gasteiger partial charge in [0.25, 0.3) is 15.9 Å². The van der Waals surface area contributed by atoms with Crippen molar-refractivity contribution >= 4 is 21.6 Å². The number of sulfonamides is 1. The van der Waals surface area contributed by atoms with Crippen molar-refractivity contribution in [3.8, 4) is 0 Å². The molecule has 2 aromatic rings. The van der Waals surface area contributed by atoms with Crippen LogP contribution in [0.4, 0.5) is 5.69 Å². The first-order valence-corrected chi connectivity index (χ1v) is 10.3. The topological polar surface area (TPSA) is 101 Å². The van der Waals surface area contributed by atoms with Crippen molar-refractivity contribution in [3.63, 3.8) is 0 Å². The lowest BCUT2D eigenvalue weighted by Crippen LogP contribution is -2.55. The summed E-state index contributed by atoms with van der Waals surface area (Å²) in [4.78, 5) is 12.6. The van der Waals surface area contributed by atoms with E-state index in [0.29, 0.717) is 17.8 Å². The van der Waals surface area contributed by atoms with Crippen LogP contribution in [-0.2, 0) is 10.0 Å². The Morgan fingerprint density at radius 2 is 1.63 bits per heavy atom. The number of nitrogens with two attached hydrogens (primary N) is 1. The van der Waals surface area contributed by atoms with Gasteiger partial charge in [-0.15, -0.1) is 0 Å². The highest BCUT2D eigenvalue weighted by molar-refractivity contribution is 7.92. The summed E-state index contributed by atoms with van der Waals surface area (Å²) in [5.41, 5.74) is 7.17. The van der Waals surface area contributed by atoms with Crippen LogP contribution in [0.3, 0.4) is 0 Å². The van der Waals surface area contributed by atoms with Crippen LogP contribution in [0.25, 0.3) is 0 Å². The smallest absolute Gasteiger partial charge is 0.261 e. The summed E-state index contributed by atoms with van der Waals surface area (Å²) in [6.45, 7) is 8.10. The van der Waals surface area contributed by atoms with E-state index in [-0.39, 0.29) is 16.7 Å². The van der Waals surface area contributed by atoms with Gasteiger partial charge >= 0.3 is 0 Å². The fraction of sp³-hybridized carbons (Fsp3) is 0.350. The quantitative estimate of drug-likeness (QED) is 0.678. The van der Waals surface area contributed by atoms with Crippen molar-refractivity contribution in [3.05, 3.63) is 59.7 Å². The molecule has 146 valence electrons. The van der Waals surface area contributed by atoms with Crippen LogP contribution in [-0.4, -0.2) is 26.4 Å². The lowest BCUT2D eigenvalue weighted by molar-refractivity contribution is 0.0883. The van der Waals surface area contributed by atoms with Gasteiger partial charge in [-0.25, -0.2) is 8.42 Å². The monoisotopic (exact) mass is 389 g/mol. The van der Waals surface area contributed by atoms with Crippen LogP contribution in [0.5, 0.6) is 0 Å². The molecular weight excluding hydrogens is 362 g/mol. The average molecular weight is 390 g/mol. The molecule has 0 aliphatic heterocycles. The Hall–Kier alpha value is -2.38. The van der Waals surface area contributed by atoms with Crippen molar-refractivity contribution in [2.45, 2.75) is 38.1 Å². The van der Waals surface area contributed by atoms with Gasteiger partial charge in [0.15, 0.2) is 0 Å². The van der Waals surface area contributed by atoms with E-state index in [1.165, 1.54) is 24.3 Å². The summed E-state index contributed by atoms with van der Waals surface area (Å²) in [5, 5.41) is 2.93. The molecule has 0 saturated heterocycles. The number of carbonyl (C=O) groups is 1. The van der Waals surface area contributed by atoms with Gasteiger partial charge in [-0.1, -0.05) is 31.5 Å². The van der Waals surface area contributed by atoms with E-state index in [0.717, 1.165) is 5.56 Å². The van der Waals surface area contributed by atoms with Gasteiger partial charge < -0.3 is 11.1 Å². The lowest BCUT2D eigenvalue weighted by Gasteiger charge is -2.33. The standard InChI is InChI=1S/C20H27N3O3S/c1-14(2)20(4,13-21)22-19(24)16-7-11-18(12-8-16)27(25,26)23-17-9-5-15(3)6-10-17/h5-12,14,23H,13,21H2,1-4H3,(H,22,24). The summed E-state index contributed by atoms with van der Waals surface area (Å²) in [5.74, 6) is -0.128. The Bertz CT molecular complexity index is 891. The fourth-order valence-corrected chi connectivity index (χ4v) is 3.44. The van der Waals surface area contributed by atoms with E-state index in [1.54, 1.807) is 12.1 Å². The molecule has 1 atom stereocenters. The number of hydrogen-bond donors (Lipinski definition) is 3. The van der Waals surface area contributed by atoms with Crippen LogP contribution in [0.2, 0.25) is 0 Å². The number of nitrogens with one attached hydrogen (secondary N) is 2. The van der Waals surface area contributed by atoms with Gasteiger partial charge in [0.1, 0.15) is 0 Å². The molecule has 4 N–H and O–H groups in total. The average Bonchev–Trinajstić information content (AvgIpc) is 2.63. The maximum absolute atomic E-state index is 12.5. The minimum absolute atomic E-state index is 0.0880. The number of hydrogen-bond acceptors (Lipinski definition) is 4. The molecule has 0 saturated carbocycles. The first-order valence-electron chi connectivity index (χ1n) is 8.79. The van der Waals surface area contributed by atoms with Gasteiger partial charge in [-0.3, -0.25) is 9.52 Å². The molecular formula is C20H27N3O3S. The maximum atomic E-state index is 12.5. The number of aryl methyl sites for hydroxylation is 1. The van der Waals surface area contributed by atoms with Gasteiger partial charge in [0.2, 0.25) is 0 Å². The predicted octanol–water partition coefficient (Wildman–Crippen LogP) is 2.90. The Labute approximate surface area is 161 Å². The van der Waals surface area contributed by atoms with Crippen molar-refractivity contribution < 1.29 is 13.2 Å². The molecule has 27 heavy (non-hydrogen) atoms. The normalized spacial score (nSPS) is 13.9. The second-order valence-corrected chi connectivity index (χ2v) is 8.91. The Morgan fingerprint density at radius 3 is 2.11 bits per heavy atom. The molecule has 1 amide bonds. The van der Waals surface area contributed by atoms with Crippen molar-refractivity contribution in [1.82, 2.24) is 5.32 Å². The maximum Gasteiger partial charge on any atom is 0.261 e. The fourth-order valence-electron chi connectivity index (χ4n) is 2.38. The molecule has 0 aliphatic rings. The van der Waals surface area contributed by atoms with Crippen LogP contribution in [0.1, 0.15) is 36.7 Å². The lowest BCUT2D eigenvalue weighted by atomic mass is 9.88. The number of carbonyl (C=O) groups excluding carboxylic acids is 1. The predicted molar refractivity (Wildman–Crippen MR) is 108 cm³/mol. The molecule has 0 spiro atoms. The molecule has 0 heterocycles. The zero-order valence-electron chi connectivity index (χ0n) is 16.1. The van der Waals surface area contributed by atoms with Gasteiger partial charge in [-0.05, 0) is 56.2 Å². The van der Waals surface area contributed by atoms with Crippen molar-refractivity contribution in [2.24, 2.45) is 11.7 Å². The molecule has 6 nitrogen and oxygen atoms in total. The largest absolute Gasteiger partial charge is 0.345 e. The zero-order chi connectivity index (χ0) is 20.2. The van der Waals surface area contributed by atoms with Crippen LogP contribution in [0.15, 0.2) is 53.4 Å². The molecule has 1 unspecified atom stereocenters. The summed E-state index contributed by atoms with van der Waals surface area (Å²) in [6, 6.07) is 12.9. The van der Waals surface area contributed by atoms with E-state index >= 15 is 0 Å². The molecule has 0 radical (unpaired) electrons. The van der Waals surface area contributed by atoms with Crippen molar-refractivity contribution in [1.29, 1.82) is 0 Å². The second-order valence-electron chi connectivity index (χ2n) is 7.23. The molecule has 0 aromatic heterocycles. The van der Waals surface area contributed by atoms with E-state index in [4.69, 9.17) is 5.73 Å². The third-order valence-corrected chi connectivity index (χ3v) is 6.23. The Balaban J connectivity index is 2.16. The summed E-state index contributed by atoms with van der Waals surface area (Å²) in [7, 11) is -3.72. The number of benzene rings is 2. The highest BCUT2D eigenvalue weighted by atomic mass is 32.2. The number of amides is 1. The van der Waals surface area contributed by atoms with E-state index in [9.17, 15) is 13.2 Å². The first kappa shape index (κ1) is 20.9. The third kappa shape index (κ3) is 5.08. The minimum Gasteiger partial charge on any atom is -0.345 e. The third-order valence-electron chi connectivity index (χ3n) is 4.83. The highest BCUT2D eigenvalue weighted by Gasteiger charge is 2.29. The number of anilines is 1. The van der Waals surface area contributed by atoms with Gasteiger partial charge in [0.05, 0.1) is 10.4 Å². The zero-order valence-corrected chi connectivity index (χ0v) is 16.9.